The average Bonchev–Trinajstić information content (AvgIpc) is 3.19. The highest BCUT2D eigenvalue weighted by Crippen LogP contribution is 2.35. The molecule has 2 heterocycles. The lowest BCUT2D eigenvalue weighted by Crippen LogP contribution is -2.36. The third kappa shape index (κ3) is 5.85. The number of piperidine rings is 1. The Morgan fingerprint density at radius 2 is 1.88 bits per heavy atom. The number of hydrogen-bond acceptors (Lipinski definition) is 4. The van der Waals surface area contributed by atoms with Crippen LogP contribution in [0, 0.1) is 0 Å². The minimum absolute atomic E-state index is 0.153. The van der Waals surface area contributed by atoms with Crippen LogP contribution in [0.4, 0.5) is 0 Å². The van der Waals surface area contributed by atoms with Gasteiger partial charge in [0.15, 0.2) is 0 Å². The van der Waals surface area contributed by atoms with Gasteiger partial charge in [0.05, 0.1) is 11.1 Å². The Bertz CT molecular complexity index is 1140. The zero-order valence-electron chi connectivity index (χ0n) is 19.3. The van der Waals surface area contributed by atoms with Crippen molar-refractivity contribution < 1.29 is 19.4 Å². The van der Waals surface area contributed by atoms with E-state index < -0.39 is 5.97 Å². The van der Waals surface area contributed by atoms with E-state index in [4.69, 9.17) is 9.47 Å². The van der Waals surface area contributed by atoms with Crippen LogP contribution in [0.5, 0.6) is 5.75 Å². The van der Waals surface area contributed by atoms with E-state index in [-0.39, 0.29) is 5.56 Å². The van der Waals surface area contributed by atoms with Gasteiger partial charge in [0.2, 0.25) is 0 Å². The number of carboxylic acids is 1. The number of ether oxygens (including phenoxy) is 2. The van der Waals surface area contributed by atoms with Crippen molar-refractivity contribution >= 4 is 48.7 Å². The maximum absolute atomic E-state index is 11.6. The van der Waals surface area contributed by atoms with Crippen LogP contribution < -0.4 is 4.74 Å². The Hall–Kier alpha value is -1.87. The quantitative estimate of drug-likeness (QED) is 0.285. The molecule has 2 aromatic carbocycles. The van der Waals surface area contributed by atoms with Crippen LogP contribution in [0.2, 0.25) is 0 Å². The number of benzene rings is 2. The topological polar surface area (TPSA) is 63.9 Å². The predicted octanol–water partition coefficient (Wildman–Crippen LogP) is 6.16. The first-order valence-electron chi connectivity index (χ1n) is 11.7. The van der Waals surface area contributed by atoms with Crippen LogP contribution in [0.25, 0.3) is 10.9 Å². The predicted molar refractivity (Wildman–Crippen MR) is 141 cm³/mol. The summed E-state index contributed by atoms with van der Waals surface area (Å²) in [5.41, 5.74) is 2.87. The summed E-state index contributed by atoms with van der Waals surface area (Å²) in [7, 11) is 0. The van der Waals surface area contributed by atoms with Crippen molar-refractivity contribution in [1.29, 1.82) is 0 Å². The van der Waals surface area contributed by atoms with Crippen LogP contribution in [0.3, 0.4) is 0 Å². The Morgan fingerprint density at radius 3 is 2.62 bits per heavy atom. The number of rotatable bonds is 10. The molecule has 1 saturated heterocycles. The number of aromatic nitrogens is 1. The number of aromatic carboxylic acids is 1. The van der Waals surface area contributed by atoms with Gasteiger partial charge in [-0.1, -0.05) is 34.1 Å². The number of fused-ring (bicyclic) bond motifs is 1. The largest absolute Gasteiger partial charge is 0.490 e. The minimum atomic E-state index is -1.00. The smallest absolute Gasteiger partial charge is 0.339 e. The molecule has 1 fully saturated rings. The molecule has 6 nitrogen and oxygen atoms in total. The summed E-state index contributed by atoms with van der Waals surface area (Å²) in [6, 6.07) is 12.0. The number of halogens is 2. The lowest BCUT2D eigenvalue weighted by Gasteiger charge is -2.32. The Balaban J connectivity index is 1.35. The first kappa shape index (κ1) is 25.2. The molecule has 1 aromatic heterocycles. The summed E-state index contributed by atoms with van der Waals surface area (Å²) < 4.78 is 15.1. The zero-order chi connectivity index (χ0) is 24.1. The SMILES string of the molecule is CCOCCn1cc(C2CCN(CCOc3c(Br)cc(Br)cc3C(=O)O)CC2)c2ccccc21. The lowest BCUT2D eigenvalue weighted by atomic mass is 9.89. The Morgan fingerprint density at radius 1 is 1.12 bits per heavy atom. The molecule has 1 aliphatic heterocycles. The lowest BCUT2D eigenvalue weighted by molar-refractivity contribution is 0.0691. The Labute approximate surface area is 217 Å². The maximum atomic E-state index is 11.6. The molecule has 0 unspecified atom stereocenters. The van der Waals surface area contributed by atoms with Crippen LogP contribution >= 0.6 is 31.9 Å². The molecular weight excluding hydrogens is 564 g/mol. The molecule has 0 aliphatic carbocycles. The maximum Gasteiger partial charge on any atom is 0.339 e. The molecule has 1 aliphatic rings. The van der Waals surface area contributed by atoms with Gasteiger partial charge in [0.1, 0.15) is 17.9 Å². The highest BCUT2D eigenvalue weighted by atomic mass is 79.9. The molecule has 0 saturated carbocycles. The van der Waals surface area contributed by atoms with E-state index in [2.05, 4.69) is 71.8 Å². The van der Waals surface area contributed by atoms with Crippen molar-refractivity contribution in [3.63, 3.8) is 0 Å². The van der Waals surface area contributed by atoms with E-state index in [0.717, 1.165) is 52.2 Å². The van der Waals surface area contributed by atoms with Crippen LogP contribution in [0.1, 0.15) is 41.6 Å². The third-order valence-electron chi connectivity index (χ3n) is 6.42. The van der Waals surface area contributed by atoms with Gasteiger partial charge in [-0.25, -0.2) is 4.79 Å². The molecule has 4 rings (SSSR count). The standard InChI is InChI=1S/C26H30Br2N2O4/c1-2-33-13-12-30-17-22(20-5-3-4-6-24(20)30)18-7-9-29(10-8-18)11-14-34-25-21(26(31)32)15-19(27)16-23(25)28/h3-6,15-18H,2,7-14H2,1H3,(H,31,32). The van der Waals surface area contributed by atoms with Gasteiger partial charge >= 0.3 is 5.97 Å². The second kappa shape index (κ2) is 11.7. The second-order valence-corrected chi connectivity index (χ2v) is 10.3. The first-order chi connectivity index (χ1) is 16.5. The average molecular weight is 594 g/mol. The van der Waals surface area contributed by atoms with Crippen LogP contribution in [-0.4, -0.2) is 60.0 Å². The molecule has 0 amide bonds. The van der Waals surface area contributed by atoms with E-state index in [1.807, 2.05) is 6.92 Å². The van der Waals surface area contributed by atoms with E-state index in [9.17, 15) is 9.90 Å². The number of carbonyl (C=O) groups is 1. The Kier molecular flexibility index (Phi) is 8.69. The van der Waals surface area contributed by atoms with Crippen molar-refractivity contribution in [2.24, 2.45) is 0 Å². The van der Waals surface area contributed by atoms with Crippen LogP contribution in [0.15, 0.2) is 51.5 Å². The molecule has 1 N–H and O–H groups in total. The molecule has 8 heteroatoms. The van der Waals surface area contributed by atoms with Gasteiger partial charge < -0.3 is 19.1 Å². The molecule has 182 valence electrons. The van der Waals surface area contributed by atoms with E-state index in [1.54, 1.807) is 12.1 Å². The fourth-order valence-corrected chi connectivity index (χ4v) is 6.04. The van der Waals surface area contributed by atoms with Crippen LogP contribution in [-0.2, 0) is 11.3 Å². The number of likely N-dealkylation sites (tertiary alicyclic amines) is 1. The highest BCUT2D eigenvalue weighted by molar-refractivity contribution is 9.11. The summed E-state index contributed by atoms with van der Waals surface area (Å²) in [5, 5.41) is 10.8. The second-order valence-electron chi connectivity index (χ2n) is 8.53. The zero-order valence-corrected chi connectivity index (χ0v) is 22.5. The fourth-order valence-electron chi connectivity index (χ4n) is 4.70. The van der Waals surface area contributed by atoms with Gasteiger partial charge in [-0.05, 0) is 78.5 Å². The summed E-state index contributed by atoms with van der Waals surface area (Å²) in [6.45, 7) is 7.58. The highest BCUT2D eigenvalue weighted by Gasteiger charge is 2.24. The van der Waals surface area contributed by atoms with Gasteiger partial charge in [-0.3, -0.25) is 4.90 Å². The molecule has 0 radical (unpaired) electrons. The third-order valence-corrected chi connectivity index (χ3v) is 7.47. The minimum Gasteiger partial charge on any atom is -0.490 e. The number of para-hydroxylation sites is 1. The van der Waals surface area contributed by atoms with Crippen molar-refractivity contribution in [2.75, 3.05) is 39.5 Å². The number of nitrogens with zero attached hydrogens (tertiary/aromatic N) is 2. The first-order valence-corrected chi connectivity index (χ1v) is 13.3. The summed E-state index contributed by atoms with van der Waals surface area (Å²) >= 11 is 6.76. The van der Waals surface area contributed by atoms with Crippen molar-refractivity contribution in [1.82, 2.24) is 9.47 Å². The van der Waals surface area contributed by atoms with E-state index in [0.29, 0.717) is 27.2 Å². The summed E-state index contributed by atoms with van der Waals surface area (Å²) in [5.74, 6) is -0.0849. The molecular formula is C26H30Br2N2O4. The summed E-state index contributed by atoms with van der Waals surface area (Å²) in [4.78, 5) is 14.0. The van der Waals surface area contributed by atoms with Crippen molar-refractivity contribution in [2.45, 2.75) is 32.2 Å². The molecule has 0 spiro atoms. The van der Waals surface area contributed by atoms with Crippen molar-refractivity contribution in [3.8, 4) is 5.75 Å². The van der Waals surface area contributed by atoms with Gasteiger partial charge in [-0.15, -0.1) is 0 Å². The summed E-state index contributed by atoms with van der Waals surface area (Å²) in [6.07, 6.45) is 4.52. The molecule has 0 atom stereocenters. The number of hydrogen-bond donors (Lipinski definition) is 1. The molecule has 34 heavy (non-hydrogen) atoms. The van der Waals surface area contributed by atoms with E-state index in [1.165, 1.54) is 16.5 Å². The van der Waals surface area contributed by atoms with Gasteiger partial charge in [0, 0.05) is 41.3 Å². The van der Waals surface area contributed by atoms with Gasteiger partial charge in [0.25, 0.3) is 0 Å². The molecule has 3 aromatic rings. The fraction of sp³-hybridized carbons (Fsp3) is 0.423. The molecule has 0 bridgehead atoms. The monoisotopic (exact) mass is 592 g/mol. The number of carboxylic acid groups (broad SMARTS) is 1. The van der Waals surface area contributed by atoms with E-state index >= 15 is 0 Å². The van der Waals surface area contributed by atoms with Gasteiger partial charge in [-0.2, -0.15) is 0 Å². The van der Waals surface area contributed by atoms with Crippen molar-refractivity contribution in [3.05, 3.63) is 62.7 Å². The normalized spacial score (nSPS) is 15.1.